The van der Waals surface area contributed by atoms with Crippen LogP contribution >= 0.6 is 35.6 Å². The Labute approximate surface area is 202 Å². The van der Waals surface area contributed by atoms with Gasteiger partial charge in [-0.3, -0.25) is 9.79 Å². The molecular weight excluding hydrogens is 515 g/mol. The van der Waals surface area contributed by atoms with Gasteiger partial charge in [-0.1, -0.05) is 23.7 Å². The fourth-order valence-electron chi connectivity index (χ4n) is 4.48. The summed E-state index contributed by atoms with van der Waals surface area (Å²) in [6.45, 7) is 6.84. The molecular formula is C22H34ClIN4O2. The van der Waals surface area contributed by atoms with Crippen LogP contribution < -0.4 is 11.1 Å². The average Bonchev–Trinajstić information content (AvgIpc) is 2.71. The lowest BCUT2D eigenvalue weighted by Gasteiger charge is -2.38. The number of amides is 1. The van der Waals surface area contributed by atoms with Gasteiger partial charge in [-0.2, -0.15) is 0 Å². The highest BCUT2D eigenvalue weighted by Gasteiger charge is 2.35. The lowest BCUT2D eigenvalue weighted by Crippen LogP contribution is -2.48. The number of aliphatic imine (C=N–C) groups is 1. The van der Waals surface area contributed by atoms with E-state index in [9.17, 15) is 4.79 Å². The van der Waals surface area contributed by atoms with Crippen molar-refractivity contribution in [3.63, 3.8) is 0 Å². The highest BCUT2D eigenvalue weighted by atomic mass is 127. The van der Waals surface area contributed by atoms with Crippen LogP contribution in [-0.4, -0.2) is 56.2 Å². The van der Waals surface area contributed by atoms with E-state index in [1.807, 2.05) is 12.1 Å². The molecule has 2 heterocycles. The van der Waals surface area contributed by atoms with Crippen LogP contribution in [0.15, 0.2) is 29.3 Å². The maximum atomic E-state index is 11.4. The quantitative estimate of drug-likeness (QED) is 0.324. The largest absolute Gasteiger partial charge is 0.381 e. The van der Waals surface area contributed by atoms with Crippen LogP contribution in [0, 0.1) is 5.92 Å². The van der Waals surface area contributed by atoms with Crippen LogP contribution in [0.3, 0.4) is 0 Å². The summed E-state index contributed by atoms with van der Waals surface area (Å²) in [6, 6.07) is 8.16. The molecule has 0 bridgehead atoms. The Morgan fingerprint density at radius 2 is 2.17 bits per heavy atom. The fourth-order valence-corrected chi connectivity index (χ4v) is 4.67. The van der Waals surface area contributed by atoms with Gasteiger partial charge >= 0.3 is 0 Å². The number of nitrogens with one attached hydrogen (secondary N) is 1. The third kappa shape index (κ3) is 6.72. The zero-order valence-electron chi connectivity index (χ0n) is 17.7. The standard InChI is InChI=1S/C22H33ClN4O2.HI/c1-2-25-21(27-10-4-5-17(15-27)13-20(24)28)26-16-22(8-11-29-12-9-22)18-6-3-7-19(23)14-18;/h3,6-7,14,17H,2,4-5,8-13,15-16H2,1H3,(H2,24,28)(H,25,26);1H. The molecule has 2 aliphatic rings. The van der Waals surface area contributed by atoms with Crippen molar-refractivity contribution in [3.8, 4) is 0 Å². The summed E-state index contributed by atoms with van der Waals surface area (Å²) in [6.07, 6.45) is 4.40. The zero-order valence-corrected chi connectivity index (χ0v) is 20.8. The van der Waals surface area contributed by atoms with Gasteiger partial charge in [0.2, 0.25) is 5.91 Å². The van der Waals surface area contributed by atoms with Gasteiger partial charge in [-0.05, 0) is 56.2 Å². The molecule has 1 amide bonds. The Bertz CT molecular complexity index is 725. The fraction of sp³-hybridized carbons (Fsp3) is 0.636. The average molecular weight is 549 g/mol. The third-order valence-electron chi connectivity index (χ3n) is 6.06. The molecule has 3 rings (SSSR count). The minimum absolute atomic E-state index is 0. The second-order valence-corrected chi connectivity index (χ2v) is 8.63. The summed E-state index contributed by atoms with van der Waals surface area (Å²) < 4.78 is 5.65. The number of carbonyl (C=O) groups excluding carboxylic acids is 1. The molecule has 2 fully saturated rings. The number of guanidine groups is 1. The molecule has 0 saturated carbocycles. The molecule has 0 aliphatic carbocycles. The first-order valence-electron chi connectivity index (χ1n) is 10.7. The molecule has 1 aromatic rings. The summed E-state index contributed by atoms with van der Waals surface area (Å²) in [5, 5.41) is 4.21. The monoisotopic (exact) mass is 548 g/mol. The molecule has 8 heteroatoms. The van der Waals surface area contributed by atoms with Gasteiger partial charge in [0, 0.05) is 49.7 Å². The molecule has 3 N–H and O–H groups in total. The van der Waals surface area contributed by atoms with Gasteiger partial charge in [-0.25, -0.2) is 0 Å². The molecule has 6 nitrogen and oxygen atoms in total. The molecule has 0 aromatic heterocycles. The Morgan fingerprint density at radius 1 is 1.40 bits per heavy atom. The first kappa shape index (κ1) is 25.2. The molecule has 30 heavy (non-hydrogen) atoms. The van der Waals surface area contributed by atoms with E-state index in [4.69, 9.17) is 27.1 Å². The van der Waals surface area contributed by atoms with Crippen LogP contribution in [0.5, 0.6) is 0 Å². The second kappa shape index (κ2) is 12.1. The van der Waals surface area contributed by atoms with Crippen molar-refractivity contribution in [2.45, 2.75) is 44.4 Å². The van der Waals surface area contributed by atoms with Gasteiger partial charge in [0.25, 0.3) is 0 Å². The molecule has 2 aliphatic heterocycles. The number of benzene rings is 1. The number of carbonyl (C=O) groups is 1. The van der Waals surface area contributed by atoms with Gasteiger partial charge < -0.3 is 20.7 Å². The van der Waals surface area contributed by atoms with Crippen LogP contribution in [0.2, 0.25) is 5.02 Å². The summed E-state index contributed by atoms with van der Waals surface area (Å²) >= 11 is 6.29. The SMILES string of the molecule is CCNC(=NCC1(c2cccc(Cl)c2)CCOCC1)N1CCCC(CC(N)=O)C1.I. The number of primary amides is 1. The number of hydrogen-bond donors (Lipinski definition) is 2. The minimum Gasteiger partial charge on any atom is -0.381 e. The number of nitrogens with two attached hydrogens (primary N) is 1. The van der Waals surface area contributed by atoms with Gasteiger partial charge in [0.15, 0.2) is 5.96 Å². The van der Waals surface area contributed by atoms with Crippen molar-refractivity contribution in [1.82, 2.24) is 10.2 Å². The normalized spacial score (nSPS) is 21.6. The summed E-state index contributed by atoms with van der Waals surface area (Å²) in [4.78, 5) is 18.7. The smallest absolute Gasteiger partial charge is 0.217 e. The number of likely N-dealkylation sites (tertiary alicyclic amines) is 1. The van der Waals surface area contributed by atoms with Crippen molar-refractivity contribution in [2.24, 2.45) is 16.6 Å². The topological polar surface area (TPSA) is 80.0 Å². The number of piperidine rings is 1. The Balaban J connectivity index is 0.00000320. The summed E-state index contributed by atoms with van der Waals surface area (Å²) in [5.74, 6) is 1.01. The lowest BCUT2D eigenvalue weighted by molar-refractivity contribution is -0.119. The van der Waals surface area contributed by atoms with Gasteiger partial charge in [-0.15, -0.1) is 24.0 Å². The van der Waals surface area contributed by atoms with E-state index in [2.05, 4.69) is 29.3 Å². The van der Waals surface area contributed by atoms with E-state index in [0.29, 0.717) is 18.9 Å². The van der Waals surface area contributed by atoms with Crippen molar-refractivity contribution in [1.29, 1.82) is 0 Å². The van der Waals surface area contributed by atoms with Crippen molar-refractivity contribution < 1.29 is 9.53 Å². The van der Waals surface area contributed by atoms with E-state index >= 15 is 0 Å². The molecule has 0 radical (unpaired) electrons. The van der Waals surface area contributed by atoms with Crippen LogP contribution in [0.1, 0.15) is 44.6 Å². The predicted octanol–water partition coefficient (Wildman–Crippen LogP) is 3.56. The molecule has 1 aromatic carbocycles. The second-order valence-electron chi connectivity index (χ2n) is 8.20. The van der Waals surface area contributed by atoms with Crippen molar-refractivity contribution >= 4 is 47.4 Å². The third-order valence-corrected chi connectivity index (χ3v) is 6.30. The molecule has 1 unspecified atom stereocenters. The Morgan fingerprint density at radius 3 is 2.83 bits per heavy atom. The maximum absolute atomic E-state index is 11.4. The van der Waals surface area contributed by atoms with E-state index in [0.717, 1.165) is 69.5 Å². The van der Waals surface area contributed by atoms with Crippen molar-refractivity contribution in [2.75, 3.05) is 39.4 Å². The zero-order chi connectivity index (χ0) is 20.7. The lowest BCUT2D eigenvalue weighted by atomic mass is 9.74. The molecule has 2 saturated heterocycles. The number of halogens is 2. The first-order chi connectivity index (χ1) is 14.0. The van der Waals surface area contributed by atoms with Crippen LogP contribution in [-0.2, 0) is 14.9 Å². The van der Waals surface area contributed by atoms with Crippen LogP contribution in [0.4, 0.5) is 0 Å². The van der Waals surface area contributed by atoms with Crippen LogP contribution in [0.25, 0.3) is 0 Å². The van der Waals surface area contributed by atoms with E-state index in [1.165, 1.54) is 5.56 Å². The van der Waals surface area contributed by atoms with Gasteiger partial charge in [0.1, 0.15) is 0 Å². The van der Waals surface area contributed by atoms with E-state index < -0.39 is 0 Å². The highest BCUT2D eigenvalue weighted by Crippen LogP contribution is 2.36. The molecule has 168 valence electrons. The Kier molecular flexibility index (Phi) is 10.2. The molecule has 1 atom stereocenters. The minimum atomic E-state index is -0.221. The number of ether oxygens (including phenoxy) is 1. The van der Waals surface area contributed by atoms with E-state index in [-0.39, 0.29) is 35.3 Å². The maximum Gasteiger partial charge on any atom is 0.217 e. The van der Waals surface area contributed by atoms with Crippen molar-refractivity contribution in [3.05, 3.63) is 34.9 Å². The number of hydrogen-bond acceptors (Lipinski definition) is 3. The predicted molar refractivity (Wildman–Crippen MR) is 133 cm³/mol. The van der Waals surface area contributed by atoms with Gasteiger partial charge in [0.05, 0.1) is 6.54 Å². The Hall–Kier alpha value is -1.06. The van der Waals surface area contributed by atoms with E-state index in [1.54, 1.807) is 0 Å². The number of nitrogens with zero attached hydrogens (tertiary/aromatic N) is 2. The highest BCUT2D eigenvalue weighted by molar-refractivity contribution is 14.0. The summed E-state index contributed by atoms with van der Waals surface area (Å²) in [5.41, 5.74) is 6.60. The summed E-state index contributed by atoms with van der Waals surface area (Å²) in [7, 11) is 0. The first-order valence-corrected chi connectivity index (χ1v) is 11.1. The number of rotatable bonds is 6. The molecule has 0 spiro atoms.